The van der Waals surface area contributed by atoms with Gasteiger partial charge in [-0.2, -0.15) is 0 Å². The maximum Gasteiger partial charge on any atom is 0.161 e. The molecule has 5 heteroatoms. The molecule has 1 atom stereocenters. The Balaban J connectivity index is 1.84. The Kier molecular flexibility index (Phi) is 4.76. The zero-order valence-corrected chi connectivity index (χ0v) is 14.1. The molecule has 1 aliphatic heterocycles. The predicted octanol–water partition coefficient (Wildman–Crippen LogP) is 3.37. The predicted molar refractivity (Wildman–Crippen MR) is 92.0 cm³/mol. The fraction of sp³-hybridized carbons (Fsp3) is 0.333. The van der Waals surface area contributed by atoms with Gasteiger partial charge < -0.3 is 15.2 Å². The standard InChI is InChI=1S/C18H21ClN2O2/c1-22-17-6-3-12(7-18(17)23-2)10-21-11-13-4-5-14(19)8-15(13)16(21)9-20/h3-8,16H,9-11,20H2,1-2H3. The summed E-state index contributed by atoms with van der Waals surface area (Å²) < 4.78 is 10.7. The number of nitrogens with zero attached hydrogens (tertiary/aromatic N) is 1. The molecule has 0 aliphatic carbocycles. The van der Waals surface area contributed by atoms with Gasteiger partial charge in [-0.25, -0.2) is 0 Å². The summed E-state index contributed by atoms with van der Waals surface area (Å²) in [7, 11) is 3.29. The van der Waals surface area contributed by atoms with Crippen LogP contribution in [0, 0.1) is 0 Å². The van der Waals surface area contributed by atoms with E-state index in [2.05, 4.69) is 17.0 Å². The van der Waals surface area contributed by atoms with Crippen molar-refractivity contribution in [2.24, 2.45) is 5.73 Å². The van der Waals surface area contributed by atoms with Gasteiger partial charge in [0, 0.05) is 30.7 Å². The molecule has 3 rings (SSSR count). The van der Waals surface area contributed by atoms with E-state index in [1.165, 1.54) is 16.7 Å². The van der Waals surface area contributed by atoms with Crippen LogP contribution in [-0.4, -0.2) is 25.7 Å². The Bertz CT molecular complexity index is 705. The van der Waals surface area contributed by atoms with Gasteiger partial charge in [0.25, 0.3) is 0 Å². The average Bonchev–Trinajstić information content (AvgIpc) is 2.90. The number of halogens is 1. The van der Waals surface area contributed by atoms with Gasteiger partial charge in [-0.1, -0.05) is 23.7 Å². The number of methoxy groups -OCH3 is 2. The minimum Gasteiger partial charge on any atom is -0.493 e. The number of benzene rings is 2. The van der Waals surface area contributed by atoms with Crippen LogP contribution in [0.25, 0.3) is 0 Å². The summed E-state index contributed by atoms with van der Waals surface area (Å²) in [5.74, 6) is 1.48. The fourth-order valence-electron chi connectivity index (χ4n) is 3.20. The van der Waals surface area contributed by atoms with Gasteiger partial charge in [-0.3, -0.25) is 4.90 Å². The first-order valence-electron chi connectivity index (χ1n) is 7.59. The highest BCUT2D eigenvalue weighted by atomic mass is 35.5. The highest BCUT2D eigenvalue weighted by Gasteiger charge is 2.29. The molecule has 0 fully saturated rings. The fourth-order valence-corrected chi connectivity index (χ4v) is 3.38. The Morgan fingerprint density at radius 3 is 2.61 bits per heavy atom. The lowest BCUT2D eigenvalue weighted by atomic mass is 10.0. The smallest absolute Gasteiger partial charge is 0.161 e. The lowest BCUT2D eigenvalue weighted by molar-refractivity contribution is 0.210. The van der Waals surface area contributed by atoms with Crippen LogP contribution in [0.2, 0.25) is 5.02 Å². The van der Waals surface area contributed by atoms with Gasteiger partial charge in [0.1, 0.15) is 0 Å². The third-order valence-electron chi connectivity index (χ3n) is 4.34. The SMILES string of the molecule is COc1ccc(CN2Cc3ccc(Cl)cc3C2CN)cc1OC. The molecule has 0 aromatic heterocycles. The highest BCUT2D eigenvalue weighted by Crippen LogP contribution is 2.36. The summed E-state index contributed by atoms with van der Waals surface area (Å²) in [5, 5.41) is 0.759. The summed E-state index contributed by atoms with van der Waals surface area (Å²) >= 11 is 6.14. The van der Waals surface area contributed by atoms with Crippen molar-refractivity contribution < 1.29 is 9.47 Å². The van der Waals surface area contributed by atoms with Crippen LogP contribution in [0.1, 0.15) is 22.7 Å². The van der Waals surface area contributed by atoms with Crippen molar-refractivity contribution in [3.8, 4) is 11.5 Å². The molecule has 0 amide bonds. The molecule has 0 bridgehead atoms. The first kappa shape index (κ1) is 16.1. The van der Waals surface area contributed by atoms with Crippen molar-refractivity contribution in [2.75, 3.05) is 20.8 Å². The number of hydrogen-bond donors (Lipinski definition) is 1. The van der Waals surface area contributed by atoms with Crippen molar-refractivity contribution in [3.05, 3.63) is 58.1 Å². The van der Waals surface area contributed by atoms with Crippen LogP contribution in [0.5, 0.6) is 11.5 Å². The summed E-state index contributed by atoms with van der Waals surface area (Å²) in [6.07, 6.45) is 0. The molecule has 1 unspecified atom stereocenters. The molecular formula is C18H21ClN2O2. The second kappa shape index (κ2) is 6.79. The van der Waals surface area contributed by atoms with E-state index < -0.39 is 0 Å². The van der Waals surface area contributed by atoms with Crippen molar-refractivity contribution in [1.82, 2.24) is 4.90 Å². The molecule has 2 aromatic carbocycles. The lowest BCUT2D eigenvalue weighted by Crippen LogP contribution is -2.27. The second-order valence-corrected chi connectivity index (χ2v) is 6.13. The van der Waals surface area contributed by atoms with Crippen molar-refractivity contribution in [3.63, 3.8) is 0 Å². The van der Waals surface area contributed by atoms with E-state index in [4.69, 9.17) is 26.8 Å². The number of ether oxygens (including phenoxy) is 2. The van der Waals surface area contributed by atoms with Crippen LogP contribution >= 0.6 is 11.6 Å². The molecule has 4 nitrogen and oxygen atoms in total. The van der Waals surface area contributed by atoms with E-state index in [1.807, 2.05) is 24.3 Å². The van der Waals surface area contributed by atoms with Gasteiger partial charge >= 0.3 is 0 Å². The van der Waals surface area contributed by atoms with Gasteiger partial charge in [0.15, 0.2) is 11.5 Å². The molecule has 1 aliphatic rings. The Morgan fingerprint density at radius 2 is 1.91 bits per heavy atom. The van der Waals surface area contributed by atoms with Gasteiger partial charge in [0.05, 0.1) is 14.2 Å². The van der Waals surface area contributed by atoms with E-state index in [0.717, 1.165) is 29.6 Å². The number of nitrogens with two attached hydrogens (primary N) is 1. The number of rotatable bonds is 5. The molecule has 2 aromatic rings. The van der Waals surface area contributed by atoms with Gasteiger partial charge in [0.2, 0.25) is 0 Å². The van der Waals surface area contributed by atoms with E-state index in [-0.39, 0.29) is 6.04 Å². The largest absolute Gasteiger partial charge is 0.493 e. The topological polar surface area (TPSA) is 47.7 Å². The first-order chi connectivity index (χ1) is 11.2. The molecule has 0 saturated heterocycles. The normalized spacial score (nSPS) is 17.1. The minimum absolute atomic E-state index is 0.191. The minimum atomic E-state index is 0.191. The molecule has 23 heavy (non-hydrogen) atoms. The van der Waals surface area contributed by atoms with Crippen LogP contribution in [-0.2, 0) is 13.1 Å². The third kappa shape index (κ3) is 3.15. The Morgan fingerprint density at radius 1 is 1.13 bits per heavy atom. The summed E-state index contributed by atoms with van der Waals surface area (Å²) in [5.41, 5.74) is 9.71. The van der Waals surface area contributed by atoms with Crippen molar-refractivity contribution in [1.29, 1.82) is 0 Å². The summed E-state index contributed by atoms with van der Waals surface area (Å²) in [4.78, 5) is 2.36. The second-order valence-electron chi connectivity index (χ2n) is 5.69. The van der Waals surface area contributed by atoms with Crippen LogP contribution < -0.4 is 15.2 Å². The van der Waals surface area contributed by atoms with Crippen molar-refractivity contribution in [2.45, 2.75) is 19.1 Å². The molecule has 0 spiro atoms. The zero-order chi connectivity index (χ0) is 16.4. The monoisotopic (exact) mass is 332 g/mol. The summed E-state index contributed by atoms with van der Waals surface area (Å²) in [6.45, 7) is 2.25. The number of fused-ring (bicyclic) bond motifs is 1. The third-order valence-corrected chi connectivity index (χ3v) is 4.57. The molecule has 122 valence electrons. The highest BCUT2D eigenvalue weighted by molar-refractivity contribution is 6.30. The maximum absolute atomic E-state index is 6.14. The van der Waals surface area contributed by atoms with E-state index in [0.29, 0.717) is 6.54 Å². The van der Waals surface area contributed by atoms with Gasteiger partial charge in [-0.15, -0.1) is 0 Å². The number of hydrogen-bond acceptors (Lipinski definition) is 4. The first-order valence-corrected chi connectivity index (χ1v) is 7.97. The Hall–Kier alpha value is -1.75. The zero-order valence-electron chi connectivity index (χ0n) is 13.4. The van der Waals surface area contributed by atoms with E-state index in [1.54, 1.807) is 14.2 Å². The van der Waals surface area contributed by atoms with Crippen molar-refractivity contribution >= 4 is 11.6 Å². The van der Waals surface area contributed by atoms with Gasteiger partial charge in [-0.05, 0) is 41.0 Å². The summed E-state index contributed by atoms with van der Waals surface area (Å²) in [6, 6.07) is 12.3. The lowest BCUT2D eigenvalue weighted by Gasteiger charge is -2.24. The molecule has 0 radical (unpaired) electrons. The molecule has 2 N–H and O–H groups in total. The van der Waals surface area contributed by atoms with Crippen LogP contribution in [0.4, 0.5) is 0 Å². The quantitative estimate of drug-likeness (QED) is 0.912. The Labute approximate surface area is 141 Å². The molecule has 0 saturated carbocycles. The van der Waals surface area contributed by atoms with Crippen LogP contribution in [0.15, 0.2) is 36.4 Å². The van der Waals surface area contributed by atoms with E-state index in [9.17, 15) is 0 Å². The molecule has 1 heterocycles. The average molecular weight is 333 g/mol. The maximum atomic E-state index is 6.14. The van der Waals surface area contributed by atoms with Crippen LogP contribution in [0.3, 0.4) is 0 Å². The molecular weight excluding hydrogens is 312 g/mol. The van der Waals surface area contributed by atoms with E-state index >= 15 is 0 Å².